The molecule has 2 heterocycles. The van der Waals surface area contributed by atoms with Crippen LogP contribution in [0.2, 0.25) is 0 Å². The van der Waals surface area contributed by atoms with Crippen LogP contribution < -0.4 is 5.56 Å². The molecule has 0 fully saturated rings. The van der Waals surface area contributed by atoms with Gasteiger partial charge in [0, 0.05) is 11.8 Å². The van der Waals surface area contributed by atoms with Gasteiger partial charge < -0.3 is 15.1 Å². The summed E-state index contributed by atoms with van der Waals surface area (Å²) in [7, 11) is 0. The normalized spacial score (nSPS) is 10.8. The number of aromatic nitrogens is 2. The van der Waals surface area contributed by atoms with Crippen molar-refractivity contribution in [2.45, 2.75) is 6.92 Å². The van der Waals surface area contributed by atoms with Crippen LogP contribution in [-0.4, -0.2) is 32.6 Å². The lowest BCUT2D eigenvalue weighted by molar-refractivity contribution is 0.0515. The number of hydrogen-bond acceptors (Lipinski definition) is 6. The largest absolute Gasteiger partial charge is 0.506 e. The summed E-state index contributed by atoms with van der Waals surface area (Å²) in [5, 5.41) is 20.8. The maximum absolute atomic E-state index is 12.3. The molecule has 0 atom stereocenters. The number of fused-ring (bicyclic) bond motifs is 1. The molecule has 0 aliphatic rings. The molecule has 7 nitrogen and oxygen atoms in total. The molecule has 0 saturated carbocycles. The predicted molar refractivity (Wildman–Crippen MR) is 112 cm³/mol. The van der Waals surface area contributed by atoms with Gasteiger partial charge in [0.1, 0.15) is 5.75 Å². The van der Waals surface area contributed by atoms with Crippen LogP contribution in [0.3, 0.4) is 0 Å². The van der Waals surface area contributed by atoms with E-state index >= 15 is 0 Å². The maximum Gasteiger partial charge on any atom is 0.347 e. The Hall–Kier alpha value is -4.13. The molecule has 2 aromatic heterocycles. The number of hydrogen-bond donors (Lipinski definition) is 2. The van der Waals surface area contributed by atoms with Crippen LogP contribution in [0.4, 0.5) is 0 Å². The summed E-state index contributed by atoms with van der Waals surface area (Å²) in [4.78, 5) is 28.5. The number of pyridine rings is 2. The molecular weight excluding hydrogens is 384 g/mol. The summed E-state index contributed by atoms with van der Waals surface area (Å²) in [5.74, 6) is -1.59. The van der Waals surface area contributed by atoms with E-state index in [1.165, 1.54) is 6.20 Å². The third kappa shape index (κ3) is 3.26. The minimum Gasteiger partial charge on any atom is -0.506 e. The van der Waals surface area contributed by atoms with Crippen molar-refractivity contribution in [2.24, 2.45) is 0 Å². The van der Waals surface area contributed by atoms with Gasteiger partial charge in [0.05, 0.1) is 12.0 Å². The van der Waals surface area contributed by atoms with Crippen molar-refractivity contribution in [1.82, 2.24) is 9.71 Å². The quantitative estimate of drug-likeness (QED) is 0.397. The molecule has 0 aliphatic carbocycles. The lowest BCUT2D eigenvalue weighted by Crippen LogP contribution is -2.27. The van der Waals surface area contributed by atoms with E-state index in [1.807, 2.05) is 54.6 Å². The molecule has 0 amide bonds. The van der Waals surface area contributed by atoms with Gasteiger partial charge >= 0.3 is 11.5 Å². The Balaban J connectivity index is 1.88. The van der Waals surface area contributed by atoms with E-state index in [-0.39, 0.29) is 22.4 Å². The molecule has 2 N–H and O–H groups in total. The van der Waals surface area contributed by atoms with E-state index in [1.54, 1.807) is 13.0 Å². The SMILES string of the molecule is CCOC(=O)c1c(O)c2cc(-c3cccc(-c4ccccc4)c3)cnc2n(O)c1=O. The maximum atomic E-state index is 12.3. The number of carbonyl (C=O) groups excluding carboxylic acids is 1. The number of rotatable bonds is 4. The molecule has 4 aromatic rings. The second-order valence-electron chi connectivity index (χ2n) is 6.60. The van der Waals surface area contributed by atoms with Gasteiger partial charge in [0.2, 0.25) is 0 Å². The third-order valence-corrected chi connectivity index (χ3v) is 4.75. The molecule has 0 radical (unpaired) electrons. The molecule has 0 aliphatic heterocycles. The molecule has 30 heavy (non-hydrogen) atoms. The van der Waals surface area contributed by atoms with Crippen molar-refractivity contribution in [3.05, 3.63) is 82.8 Å². The highest BCUT2D eigenvalue weighted by Gasteiger charge is 2.24. The van der Waals surface area contributed by atoms with Crippen molar-refractivity contribution < 1.29 is 19.8 Å². The number of aromatic hydroxyl groups is 1. The highest BCUT2D eigenvalue weighted by molar-refractivity contribution is 5.99. The molecule has 150 valence electrons. The standard InChI is InChI=1S/C23H18N2O5/c1-2-30-23(28)19-20(26)18-12-17(13-24-21(18)25(29)22(19)27)16-10-6-9-15(11-16)14-7-4-3-5-8-14/h3-13,26,29H,2H2,1H3. The Morgan fingerprint density at radius 3 is 2.37 bits per heavy atom. The van der Waals surface area contributed by atoms with Gasteiger partial charge in [-0.1, -0.05) is 48.5 Å². The Morgan fingerprint density at radius 1 is 1.00 bits per heavy atom. The summed E-state index contributed by atoms with van der Waals surface area (Å²) < 4.78 is 5.07. The van der Waals surface area contributed by atoms with Crippen LogP contribution in [0.5, 0.6) is 5.75 Å². The van der Waals surface area contributed by atoms with Crippen LogP contribution >= 0.6 is 0 Å². The zero-order chi connectivity index (χ0) is 21.3. The number of ether oxygens (including phenoxy) is 1. The van der Waals surface area contributed by atoms with Crippen molar-refractivity contribution in [3.63, 3.8) is 0 Å². The van der Waals surface area contributed by atoms with Crippen LogP contribution in [0, 0.1) is 0 Å². The van der Waals surface area contributed by atoms with Crippen molar-refractivity contribution in [2.75, 3.05) is 6.61 Å². The van der Waals surface area contributed by atoms with Gasteiger partial charge in [0.25, 0.3) is 0 Å². The fourth-order valence-corrected chi connectivity index (χ4v) is 3.29. The van der Waals surface area contributed by atoms with Crippen molar-refractivity contribution in [1.29, 1.82) is 0 Å². The van der Waals surface area contributed by atoms with Gasteiger partial charge in [-0.05, 0) is 35.7 Å². The van der Waals surface area contributed by atoms with Crippen molar-refractivity contribution in [3.8, 4) is 28.0 Å². The summed E-state index contributed by atoms with van der Waals surface area (Å²) in [6.45, 7) is 1.60. The summed E-state index contributed by atoms with van der Waals surface area (Å²) in [5.41, 5.74) is 1.62. The Morgan fingerprint density at radius 2 is 1.67 bits per heavy atom. The van der Waals surface area contributed by atoms with E-state index in [9.17, 15) is 19.9 Å². The summed E-state index contributed by atoms with van der Waals surface area (Å²) in [6.07, 6.45) is 1.49. The molecular formula is C23H18N2O5. The number of esters is 1. The average Bonchev–Trinajstić information content (AvgIpc) is 2.78. The topological polar surface area (TPSA) is 102 Å². The minimum absolute atomic E-state index is 0.0196. The van der Waals surface area contributed by atoms with E-state index in [4.69, 9.17) is 4.74 Å². The van der Waals surface area contributed by atoms with Crippen LogP contribution in [0.25, 0.3) is 33.3 Å². The Kier molecular flexibility index (Phi) is 4.93. The lowest BCUT2D eigenvalue weighted by Gasteiger charge is -2.11. The summed E-state index contributed by atoms with van der Waals surface area (Å²) >= 11 is 0. The fourth-order valence-electron chi connectivity index (χ4n) is 3.29. The molecule has 0 unspecified atom stereocenters. The molecule has 0 saturated heterocycles. The Bertz CT molecular complexity index is 1310. The van der Waals surface area contributed by atoms with Crippen LogP contribution in [0.15, 0.2) is 71.7 Å². The average molecular weight is 402 g/mol. The van der Waals surface area contributed by atoms with Gasteiger partial charge in [-0.3, -0.25) is 4.79 Å². The number of carbonyl (C=O) groups is 1. The van der Waals surface area contributed by atoms with Gasteiger partial charge in [0.15, 0.2) is 11.2 Å². The Labute approximate surface area is 171 Å². The second-order valence-corrected chi connectivity index (χ2v) is 6.60. The zero-order valence-electron chi connectivity index (χ0n) is 16.1. The smallest absolute Gasteiger partial charge is 0.347 e. The molecule has 7 heteroatoms. The first-order valence-corrected chi connectivity index (χ1v) is 9.31. The van der Waals surface area contributed by atoms with Crippen molar-refractivity contribution >= 4 is 17.0 Å². The first-order valence-electron chi connectivity index (χ1n) is 9.31. The first-order chi connectivity index (χ1) is 14.5. The summed E-state index contributed by atoms with van der Waals surface area (Å²) in [6, 6.07) is 19.1. The number of benzene rings is 2. The third-order valence-electron chi connectivity index (χ3n) is 4.75. The minimum atomic E-state index is -1.09. The van der Waals surface area contributed by atoms with E-state index in [0.717, 1.165) is 16.7 Å². The first kappa shape index (κ1) is 19.2. The molecule has 4 rings (SSSR count). The zero-order valence-corrected chi connectivity index (χ0v) is 16.1. The second kappa shape index (κ2) is 7.71. The van der Waals surface area contributed by atoms with Crippen LogP contribution in [-0.2, 0) is 4.74 Å². The van der Waals surface area contributed by atoms with E-state index < -0.39 is 22.8 Å². The highest BCUT2D eigenvalue weighted by atomic mass is 16.5. The number of nitrogens with zero attached hydrogens (tertiary/aromatic N) is 2. The monoisotopic (exact) mass is 402 g/mol. The van der Waals surface area contributed by atoms with Crippen LogP contribution in [0.1, 0.15) is 17.3 Å². The highest BCUT2D eigenvalue weighted by Crippen LogP contribution is 2.31. The predicted octanol–water partition coefficient (Wildman–Crippen LogP) is 3.85. The molecule has 0 spiro atoms. The van der Waals surface area contributed by atoms with Gasteiger partial charge in [-0.25, -0.2) is 9.78 Å². The lowest BCUT2D eigenvalue weighted by atomic mass is 9.99. The molecule has 2 aromatic carbocycles. The van der Waals surface area contributed by atoms with Gasteiger partial charge in [-0.15, -0.1) is 4.73 Å². The van der Waals surface area contributed by atoms with E-state index in [0.29, 0.717) is 5.56 Å². The van der Waals surface area contributed by atoms with Gasteiger partial charge in [-0.2, -0.15) is 0 Å². The fraction of sp³-hybridized carbons (Fsp3) is 0.0870. The molecule has 0 bridgehead atoms. The van der Waals surface area contributed by atoms with E-state index in [2.05, 4.69) is 4.98 Å².